The van der Waals surface area contributed by atoms with Crippen molar-refractivity contribution in [2.45, 2.75) is 13.8 Å². The smallest absolute Gasteiger partial charge is 0.106 e. The highest BCUT2D eigenvalue weighted by Gasteiger charge is 2.08. The van der Waals surface area contributed by atoms with Crippen molar-refractivity contribution in [2.24, 2.45) is 5.16 Å². The van der Waals surface area contributed by atoms with Crippen molar-refractivity contribution < 1.29 is 4.84 Å². The second kappa shape index (κ2) is 5.50. The van der Waals surface area contributed by atoms with Crippen LogP contribution in [0.2, 0.25) is 0 Å². The molecular formula is C16H17NO. The van der Waals surface area contributed by atoms with Gasteiger partial charge in [0.15, 0.2) is 0 Å². The molecular weight excluding hydrogens is 222 g/mol. The van der Waals surface area contributed by atoms with Gasteiger partial charge in [-0.25, -0.2) is 0 Å². The second-order valence-corrected chi connectivity index (χ2v) is 4.27. The third-order valence-corrected chi connectivity index (χ3v) is 3.01. The Balaban J connectivity index is 2.60. The molecule has 0 spiro atoms. The Morgan fingerprint density at radius 2 is 1.61 bits per heavy atom. The van der Waals surface area contributed by atoms with Gasteiger partial charge in [-0.15, -0.1) is 0 Å². The molecule has 2 aromatic carbocycles. The summed E-state index contributed by atoms with van der Waals surface area (Å²) in [6, 6.07) is 14.6. The Morgan fingerprint density at radius 1 is 0.944 bits per heavy atom. The lowest BCUT2D eigenvalue weighted by atomic mass is 9.93. The average Bonchev–Trinajstić information content (AvgIpc) is 2.37. The van der Waals surface area contributed by atoms with Crippen molar-refractivity contribution in [3.63, 3.8) is 0 Å². The van der Waals surface area contributed by atoms with Gasteiger partial charge in [0.05, 0.1) is 6.21 Å². The number of benzene rings is 2. The van der Waals surface area contributed by atoms with Crippen molar-refractivity contribution in [3.05, 3.63) is 59.2 Å². The molecule has 18 heavy (non-hydrogen) atoms. The standard InChI is InChI=1S/C16H17NO/c1-12-7-6-8-13(2)16(12)15-10-5-4-9-14(15)11-17-18-3/h4-11H,1-3H3/b17-11+. The van der Waals surface area contributed by atoms with Gasteiger partial charge in [-0.05, 0) is 36.1 Å². The van der Waals surface area contributed by atoms with Crippen LogP contribution < -0.4 is 0 Å². The average molecular weight is 239 g/mol. The van der Waals surface area contributed by atoms with E-state index in [-0.39, 0.29) is 0 Å². The number of oxime groups is 1. The van der Waals surface area contributed by atoms with Crippen LogP contribution in [0.4, 0.5) is 0 Å². The minimum Gasteiger partial charge on any atom is -0.399 e. The van der Waals surface area contributed by atoms with Crippen LogP contribution in [0.25, 0.3) is 11.1 Å². The highest BCUT2D eigenvalue weighted by molar-refractivity contribution is 5.91. The van der Waals surface area contributed by atoms with Crippen molar-refractivity contribution in [1.82, 2.24) is 0 Å². The molecule has 2 rings (SSSR count). The Bertz CT molecular complexity index is 553. The normalized spacial score (nSPS) is 10.8. The zero-order chi connectivity index (χ0) is 13.0. The first-order chi connectivity index (χ1) is 8.74. The summed E-state index contributed by atoms with van der Waals surface area (Å²) in [5, 5.41) is 3.86. The molecule has 2 aromatic rings. The van der Waals surface area contributed by atoms with Crippen LogP contribution >= 0.6 is 0 Å². The molecule has 0 aromatic heterocycles. The summed E-state index contributed by atoms with van der Waals surface area (Å²) in [5.41, 5.74) is 6.07. The van der Waals surface area contributed by atoms with Crippen molar-refractivity contribution in [1.29, 1.82) is 0 Å². The summed E-state index contributed by atoms with van der Waals surface area (Å²) in [7, 11) is 1.55. The molecule has 0 unspecified atom stereocenters. The van der Waals surface area contributed by atoms with E-state index in [1.807, 2.05) is 18.2 Å². The summed E-state index contributed by atoms with van der Waals surface area (Å²) >= 11 is 0. The Labute approximate surface area is 108 Å². The first kappa shape index (κ1) is 12.4. The van der Waals surface area contributed by atoms with Gasteiger partial charge in [0.1, 0.15) is 7.11 Å². The number of hydrogen-bond donors (Lipinski definition) is 0. The third-order valence-electron chi connectivity index (χ3n) is 3.01. The lowest BCUT2D eigenvalue weighted by Crippen LogP contribution is -1.93. The van der Waals surface area contributed by atoms with Crippen LogP contribution in [0.3, 0.4) is 0 Å². The number of aryl methyl sites for hydroxylation is 2. The van der Waals surface area contributed by atoms with Gasteiger partial charge < -0.3 is 4.84 Å². The molecule has 0 heterocycles. The molecule has 2 nitrogen and oxygen atoms in total. The molecule has 0 amide bonds. The Kier molecular flexibility index (Phi) is 3.78. The van der Waals surface area contributed by atoms with E-state index < -0.39 is 0 Å². The highest BCUT2D eigenvalue weighted by atomic mass is 16.6. The number of nitrogens with zero attached hydrogens (tertiary/aromatic N) is 1. The van der Waals surface area contributed by atoms with Gasteiger partial charge in [-0.1, -0.05) is 47.6 Å². The predicted octanol–water partition coefficient (Wildman–Crippen LogP) is 3.95. The predicted molar refractivity (Wildman–Crippen MR) is 76.0 cm³/mol. The molecule has 0 aliphatic rings. The van der Waals surface area contributed by atoms with E-state index in [1.165, 1.54) is 22.3 Å². The monoisotopic (exact) mass is 239 g/mol. The van der Waals surface area contributed by atoms with Crippen molar-refractivity contribution in [3.8, 4) is 11.1 Å². The number of rotatable bonds is 3. The van der Waals surface area contributed by atoms with Gasteiger partial charge in [-0.3, -0.25) is 0 Å². The van der Waals surface area contributed by atoms with E-state index in [1.54, 1.807) is 13.3 Å². The fourth-order valence-electron chi connectivity index (χ4n) is 2.19. The van der Waals surface area contributed by atoms with Gasteiger partial charge in [0.2, 0.25) is 0 Å². The first-order valence-corrected chi connectivity index (χ1v) is 5.96. The van der Waals surface area contributed by atoms with E-state index in [2.05, 4.69) is 43.3 Å². The van der Waals surface area contributed by atoms with Crippen LogP contribution in [-0.2, 0) is 4.84 Å². The lowest BCUT2D eigenvalue weighted by Gasteiger charge is -2.12. The largest absolute Gasteiger partial charge is 0.399 e. The first-order valence-electron chi connectivity index (χ1n) is 5.96. The minimum absolute atomic E-state index is 1.07. The molecule has 0 radical (unpaired) electrons. The van der Waals surface area contributed by atoms with Crippen LogP contribution in [-0.4, -0.2) is 13.3 Å². The zero-order valence-electron chi connectivity index (χ0n) is 11.0. The molecule has 0 aliphatic heterocycles. The molecule has 0 saturated carbocycles. The molecule has 0 bridgehead atoms. The maximum absolute atomic E-state index is 4.77. The SMILES string of the molecule is CO/N=C/c1ccccc1-c1c(C)cccc1C. The van der Waals surface area contributed by atoms with Crippen LogP contribution in [0, 0.1) is 13.8 Å². The number of hydrogen-bond acceptors (Lipinski definition) is 2. The summed E-state index contributed by atoms with van der Waals surface area (Å²) < 4.78 is 0. The van der Waals surface area contributed by atoms with Gasteiger partial charge >= 0.3 is 0 Å². The van der Waals surface area contributed by atoms with Crippen LogP contribution in [0.1, 0.15) is 16.7 Å². The Morgan fingerprint density at radius 3 is 2.28 bits per heavy atom. The molecule has 0 saturated heterocycles. The minimum atomic E-state index is 1.07. The zero-order valence-corrected chi connectivity index (χ0v) is 11.0. The van der Waals surface area contributed by atoms with Crippen molar-refractivity contribution >= 4 is 6.21 Å². The third kappa shape index (κ3) is 2.43. The van der Waals surface area contributed by atoms with Crippen LogP contribution in [0.15, 0.2) is 47.6 Å². The summed E-state index contributed by atoms with van der Waals surface area (Å²) in [6.07, 6.45) is 1.75. The molecule has 0 fully saturated rings. The van der Waals surface area contributed by atoms with E-state index in [0.717, 1.165) is 5.56 Å². The Hall–Kier alpha value is -2.09. The van der Waals surface area contributed by atoms with Crippen LogP contribution in [0.5, 0.6) is 0 Å². The van der Waals surface area contributed by atoms with Gasteiger partial charge in [0.25, 0.3) is 0 Å². The second-order valence-electron chi connectivity index (χ2n) is 4.27. The quantitative estimate of drug-likeness (QED) is 0.587. The summed E-state index contributed by atoms with van der Waals surface area (Å²) in [5.74, 6) is 0. The van der Waals surface area contributed by atoms with E-state index in [9.17, 15) is 0 Å². The molecule has 0 aliphatic carbocycles. The highest BCUT2D eigenvalue weighted by Crippen LogP contribution is 2.29. The molecule has 92 valence electrons. The summed E-state index contributed by atoms with van der Waals surface area (Å²) in [6.45, 7) is 4.26. The van der Waals surface area contributed by atoms with Crippen molar-refractivity contribution in [2.75, 3.05) is 7.11 Å². The van der Waals surface area contributed by atoms with E-state index >= 15 is 0 Å². The lowest BCUT2D eigenvalue weighted by molar-refractivity contribution is 0.215. The van der Waals surface area contributed by atoms with E-state index in [4.69, 9.17) is 4.84 Å². The molecule has 2 heteroatoms. The van der Waals surface area contributed by atoms with Gasteiger partial charge in [-0.2, -0.15) is 0 Å². The van der Waals surface area contributed by atoms with E-state index in [0.29, 0.717) is 0 Å². The maximum atomic E-state index is 4.77. The summed E-state index contributed by atoms with van der Waals surface area (Å²) in [4.78, 5) is 4.77. The molecule has 0 N–H and O–H groups in total. The fourth-order valence-corrected chi connectivity index (χ4v) is 2.19. The maximum Gasteiger partial charge on any atom is 0.106 e. The fraction of sp³-hybridized carbons (Fsp3) is 0.188. The molecule has 0 atom stereocenters. The topological polar surface area (TPSA) is 21.6 Å². The van der Waals surface area contributed by atoms with Gasteiger partial charge in [0, 0.05) is 5.56 Å².